The van der Waals surface area contributed by atoms with Crippen molar-refractivity contribution in [1.82, 2.24) is 4.90 Å². The van der Waals surface area contributed by atoms with Gasteiger partial charge >= 0.3 is 0 Å². The molecule has 1 aliphatic heterocycles. The SMILES string of the molecule is CCCCN1CCSC1=Nc1ccccc1Cl. The largest absolute Gasteiger partial charge is 0.350 e. The Morgan fingerprint density at radius 1 is 1.41 bits per heavy atom. The number of amidine groups is 1. The van der Waals surface area contributed by atoms with Crippen LogP contribution in [0.2, 0.25) is 5.02 Å². The number of unbranched alkanes of at least 4 members (excludes halogenated alkanes) is 1. The fourth-order valence-electron chi connectivity index (χ4n) is 1.74. The zero-order valence-electron chi connectivity index (χ0n) is 10.0. The lowest BCUT2D eigenvalue weighted by molar-refractivity contribution is 0.447. The van der Waals surface area contributed by atoms with Gasteiger partial charge in [0.2, 0.25) is 0 Å². The summed E-state index contributed by atoms with van der Waals surface area (Å²) in [4.78, 5) is 7.02. The van der Waals surface area contributed by atoms with Crippen molar-refractivity contribution in [2.24, 2.45) is 4.99 Å². The van der Waals surface area contributed by atoms with Crippen molar-refractivity contribution in [3.8, 4) is 0 Å². The zero-order valence-corrected chi connectivity index (χ0v) is 11.6. The van der Waals surface area contributed by atoms with Crippen LogP contribution in [-0.4, -0.2) is 28.9 Å². The Morgan fingerprint density at radius 3 is 3.00 bits per heavy atom. The first-order chi connectivity index (χ1) is 8.31. The van der Waals surface area contributed by atoms with Crippen molar-refractivity contribution >= 4 is 34.2 Å². The van der Waals surface area contributed by atoms with Crippen LogP contribution in [0.3, 0.4) is 0 Å². The fourth-order valence-corrected chi connectivity index (χ4v) is 2.94. The lowest BCUT2D eigenvalue weighted by Crippen LogP contribution is -2.25. The topological polar surface area (TPSA) is 15.6 Å². The van der Waals surface area contributed by atoms with Crippen LogP contribution < -0.4 is 0 Å². The van der Waals surface area contributed by atoms with E-state index in [0.29, 0.717) is 0 Å². The van der Waals surface area contributed by atoms with E-state index in [-0.39, 0.29) is 0 Å². The monoisotopic (exact) mass is 268 g/mol. The van der Waals surface area contributed by atoms with Gasteiger partial charge in [-0.05, 0) is 18.6 Å². The molecule has 0 N–H and O–H groups in total. The fraction of sp³-hybridized carbons (Fsp3) is 0.462. The molecule has 1 heterocycles. The number of thioether (sulfide) groups is 1. The summed E-state index contributed by atoms with van der Waals surface area (Å²) in [7, 11) is 0. The predicted molar refractivity (Wildman–Crippen MR) is 77.5 cm³/mol. The molecule has 0 unspecified atom stereocenters. The van der Waals surface area contributed by atoms with E-state index in [0.717, 1.165) is 34.7 Å². The molecule has 17 heavy (non-hydrogen) atoms. The molecule has 0 bridgehead atoms. The Morgan fingerprint density at radius 2 is 2.24 bits per heavy atom. The van der Waals surface area contributed by atoms with Crippen molar-refractivity contribution in [3.63, 3.8) is 0 Å². The van der Waals surface area contributed by atoms with Crippen molar-refractivity contribution in [2.75, 3.05) is 18.8 Å². The molecule has 0 radical (unpaired) electrons. The molecule has 1 aromatic carbocycles. The van der Waals surface area contributed by atoms with Gasteiger partial charge in [0, 0.05) is 18.8 Å². The Hall–Kier alpha value is -0.670. The van der Waals surface area contributed by atoms with Crippen LogP contribution in [0.25, 0.3) is 0 Å². The quantitative estimate of drug-likeness (QED) is 0.814. The lowest BCUT2D eigenvalue weighted by atomic mass is 10.3. The highest BCUT2D eigenvalue weighted by Crippen LogP contribution is 2.28. The van der Waals surface area contributed by atoms with Gasteiger partial charge < -0.3 is 4.90 Å². The first-order valence-electron chi connectivity index (χ1n) is 6.02. The molecule has 0 atom stereocenters. The molecular formula is C13H17ClN2S. The van der Waals surface area contributed by atoms with Crippen LogP contribution in [0.1, 0.15) is 19.8 Å². The molecule has 1 aromatic rings. The summed E-state index contributed by atoms with van der Waals surface area (Å²) in [5.74, 6) is 1.13. The van der Waals surface area contributed by atoms with Crippen LogP contribution in [0.15, 0.2) is 29.3 Å². The maximum absolute atomic E-state index is 6.12. The second-order valence-electron chi connectivity index (χ2n) is 4.03. The van der Waals surface area contributed by atoms with Gasteiger partial charge in [0.05, 0.1) is 10.7 Å². The number of para-hydroxylation sites is 1. The molecule has 0 saturated carbocycles. The van der Waals surface area contributed by atoms with Gasteiger partial charge in [-0.1, -0.05) is 48.8 Å². The van der Waals surface area contributed by atoms with Gasteiger partial charge in [0.15, 0.2) is 5.17 Å². The molecule has 0 spiro atoms. The van der Waals surface area contributed by atoms with Crippen LogP contribution in [0.5, 0.6) is 0 Å². The average molecular weight is 269 g/mol. The Balaban J connectivity index is 2.12. The Kier molecular flexibility index (Phi) is 4.75. The van der Waals surface area contributed by atoms with Gasteiger partial charge in [-0.15, -0.1) is 0 Å². The maximum Gasteiger partial charge on any atom is 0.164 e. The molecule has 2 nitrogen and oxygen atoms in total. The number of benzene rings is 1. The van der Waals surface area contributed by atoms with E-state index in [4.69, 9.17) is 11.6 Å². The van der Waals surface area contributed by atoms with Crippen LogP contribution in [0.4, 0.5) is 5.69 Å². The second-order valence-corrected chi connectivity index (χ2v) is 5.50. The van der Waals surface area contributed by atoms with E-state index in [9.17, 15) is 0 Å². The highest BCUT2D eigenvalue weighted by Gasteiger charge is 2.18. The maximum atomic E-state index is 6.12. The Labute approximate surface area is 112 Å². The third-order valence-corrected chi connectivity index (χ3v) is 4.03. The van der Waals surface area contributed by atoms with Gasteiger partial charge in [-0.25, -0.2) is 4.99 Å². The Bertz CT molecular complexity index is 406. The van der Waals surface area contributed by atoms with E-state index < -0.39 is 0 Å². The average Bonchev–Trinajstić information content (AvgIpc) is 2.77. The molecule has 1 saturated heterocycles. The predicted octanol–water partition coefficient (Wildman–Crippen LogP) is 4.18. The van der Waals surface area contributed by atoms with Crippen molar-refractivity contribution in [2.45, 2.75) is 19.8 Å². The minimum atomic E-state index is 0.725. The summed E-state index contributed by atoms with van der Waals surface area (Å²) in [5.41, 5.74) is 0.875. The van der Waals surface area contributed by atoms with Gasteiger partial charge in [-0.3, -0.25) is 0 Å². The summed E-state index contributed by atoms with van der Waals surface area (Å²) >= 11 is 7.94. The van der Waals surface area contributed by atoms with Crippen LogP contribution >= 0.6 is 23.4 Å². The minimum Gasteiger partial charge on any atom is -0.350 e. The smallest absolute Gasteiger partial charge is 0.164 e. The summed E-state index contributed by atoms with van der Waals surface area (Å²) in [6, 6.07) is 7.76. The summed E-state index contributed by atoms with van der Waals surface area (Å²) in [6.07, 6.45) is 2.45. The lowest BCUT2D eigenvalue weighted by Gasteiger charge is -2.17. The van der Waals surface area contributed by atoms with Crippen molar-refractivity contribution in [1.29, 1.82) is 0 Å². The number of hydrogen-bond acceptors (Lipinski definition) is 2. The summed E-state index contributed by atoms with van der Waals surface area (Å²) in [6.45, 7) is 4.43. The molecule has 1 aliphatic rings. The third-order valence-electron chi connectivity index (χ3n) is 2.71. The first-order valence-corrected chi connectivity index (χ1v) is 7.38. The molecule has 2 rings (SSSR count). The molecule has 0 aromatic heterocycles. The van der Waals surface area contributed by atoms with E-state index in [1.807, 2.05) is 36.0 Å². The minimum absolute atomic E-state index is 0.725. The highest BCUT2D eigenvalue weighted by atomic mass is 35.5. The van der Waals surface area contributed by atoms with Crippen LogP contribution in [0, 0.1) is 0 Å². The summed E-state index contributed by atoms with van der Waals surface area (Å²) in [5, 5.41) is 1.84. The molecular weight excluding hydrogens is 252 g/mol. The van der Waals surface area contributed by atoms with E-state index >= 15 is 0 Å². The number of aliphatic imine (C=N–C) groups is 1. The summed E-state index contributed by atoms with van der Waals surface area (Å²) < 4.78 is 0. The third kappa shape index (κ3) is 3.39. The van der Waals surface area contributed by atoms with E-state index in [2.05, 4.69) is 16.8 Å². The van der Waals surface area contributed by atoms with Crippen molar-refractivity contribution < 1.29 is 0 Å². The molecule has 92 valence electrons. The number of nitrogens with zero attached hydrogens (tertiary/aromatic N) is 2. The highest BCUT2D eigenvalue weighted by molar-refractivity contribution is 8.14. The molecule has 0 amide bonds. The van der Waals surface area contributed by atoms with Gasteiger partial charge in [0.25, 0.3) is 0 Å². The zero-order chi connectivity index (χ0) is 12.1. The molecule has 1 fully saturated rings. The second kappa shape index (κ2) is 6.31. The molecule has 0 aliphatic carbocycles. The van der Waals surface area contributed by atoms with Gasteiger partial charge in [0.1, 0.15) is 0 Å². The molecule has 4 heteroatoms. The number of halogens is 1. The van der Waals surface area contributed by atoms with Crippen molar-refractivity contribution in [3.05, 3.63) is 29.3 Å². The van der Waals surface area contributed by atoms with Crippen LogP contribution in [-0.2, 0) is 0 Å². The van der Waals surface area contributed by atoms with E-state index in [1.165, 1.54) is 12.8 Å². The van der Waals surface area contributed by atoms with Gasteiger partial charge in [-0.2, -0.15) is 0 Å². The van der Waals surface area contributed by atoms with E-state index in [1.54, 1.807) is 0 Å². The normalized spacial score (nSPS) is 18.0. The first kappa shape index (κ1) is 12.8. The standard InChI is InChI=1S/C13H17ClN2S/c1-2-3-8-16-9-10-17-13(16)15-12-7-5-4-6-11(12)14/h4-7H,2-3,8-10H2,1H3. The number of hydrogen-bond donors (Lipinski definition) is 0. The number of rotatable bonds is 4.